The van der Waals surface area contributed by atoms with Gasteiger partial charge in [-0.2, -0.15) is 0 Å². The highest BCUT2D eigenvalue weighted by molar-refractivity contribution is 6.96. The highest BCUT2D eigenvalue weighted by atomic mass is 14.3. The minimum absolute atomic E-state index is 1.08. The first-order valence-electron chi connectivity index (χ1n) is 19.2. The van der Waals surface area contributed by atoms with E-state index < -0.39 is 0 Å². The van der Waals surface area contributed by atoms with E-state index in [-0.39, 0.29) is 0 Å². The highest BCUT2D eigenvalue weighted by Crippen LogP contribution is 2.52. The van der Waals surface area contributed by atoms with Gasteiger partial charge in [0.25, 0.3) is 0 Å². The molecule has 3 saturated carbocycles. The summed E-state index contributed by atoms with van der Waals surface area (Å²) in [5, 5.41) is 0. The molecule has 0 N–H and O–H groups in total. The normalized spacial score (nSPS) is 32.5. The fourth-order valence-corrected chi connectivity index (χ4v) is 11.1. The van der Waals surface area contributed by atoms with E-state index in [0.29, 0.717) is 0 Å². The largest absolute Gasteiger partial charge is 0.128 e. The lowest BCUT2D eigenvalue weighted by molar-refractivity contribution is 0.318. The Morgan fingerprint density at radius 1 is 0.385 bits per heavy atom. The van der Waals surface area contributed by atoms with Gasteiger partial charge in [0.15, 0.2) is 0 Å². The third-order valence-corrected chi connectivity index (χ3v) is 13.1. The molecule has 0 nitrogen and oxygen atoms in total. The van der Waals surface area contributed by atoms with Crippen molar-refractivity contribution in [3.63, 3.8) is 0 Å². The predicted octanol–water partition coefficient (Wildman–Crippen LogP) is 12.5. The minimum Gasteiger partial charge on any atom is -0.0954 e. The van der Waals surface area contributed by atoms with Gasteiger partial charge in [0, 0.05) is 0 Å². The summed E-state index contributed by atoms with van der Waals surface area (Å²) in [7, 11) is 0. The van der Waals surface area contributed by atoms with Crippen molar-refractivity contribution >= 4 is 20.1 Å². The maximum atomic E-state index is 2.40. The van der Waals surface area contributed by atoms with Crippen molar-refractivity contribution in [3.05, 3.63) is 0 Å². The number of unbranched alkanes of at least 4 members (excludes halogenated alkanes) is 6. The third kappa shape index (κ3) is 9.60. The lowest BCUT2D eigenvalue weighted by atomic mass is 9.01. The van der Waals surface area contributed by atoms with Crippen LogP contribution in [0.5, 0.6) is 0 Å². The molecule has 3 aliphatic carbocycles. The van der Waals surface area contributed by atoms with E-state index >= 15 is 0 Å². The van der Waals surface area contributed by atoms with Crippen molar-refractivity contribution in [2.45, 2.75) is 211 Å². The fraction of sp³-hybridized carbons (Fsp3) is 1.00. The Hall–Kier alpha value is 0.195. The third-order valence-electron chi connectivity index (χ3n) is 13.1. The van der Waals surface area contributed by atoms with Crippen molar-refractivity contribution in [2.75, 3.05) is 0 Å². The molecule has 0 spiro atoms. The standard InChI is InChI=1S/C36H69B3/c1-4-7-10-19-31-22-13-16-25-34(31)37-28-38(35-26-17-14-23-32(35)20-11-8-5-2)30-39(29-37)36-27-18-15-24-33(36)21-12-9-6-3/h31-36H,4-30H2,1-3H3. The minimum atomic E-state index is 1.08. The molecule has 6 atom stereocenters. The van der Waals surface area contributed by atoms with Crippen molar-refractivity contribution in [2.24, 2.45) is 17.8 Å². The molecule has 0 radical (unpaired) electrons. The van der Waals surface area contributed by atoms with Crippen LogP contribution in [0.15, 0.2) is 0 Å². The molecule has 0 amide bonds. The van der Waals surface area contributed by atoms with Gasteiger partial charge in [0.1, 0.15) is 20.1 Å². The van der Waals surface area contributed by atoms with Crippen LogP contribution in [-0.4, -0.2) is 20.1 Å². The van der Waals surface area contributed by atoms with E-state index in [4.69, 9.17) is 0 Å². The van der Waals surface area contributed by atoms with Gasteiger partial charge in [-0.1, -0.05) is 211 Å². The van der Waals surface area contributed by atoms with Gasteiger partial charge in [-0.3, -0.25) is 0 Å². The Balaban J connectivity index is 1.52. The second-order valence-electron chi connectivity index (χ2n) is 15.6. The Morgan fingerprint density at radius 2 is 0.667 bits per heavy atom. The molecular weight excluding hydrogens is 465 g/mol. The van der Waals surface area contributed by atoms with E-state index in [9.17, 15) is 0 Å². The highest BCUT2D eigenvalue weighted by Gasteiger charge is 2.48. The van der Waals surface area contributed by atoms with E-state index in [0.717, 1.165) is 55.3 Å². The van der Waals surface area contributed by atoms with Crippen molar-refractivity contribution in [3.8, 4) is 0 Å². The zero-order valence-corrected chi connectivity index (χ0v) is 27.3. The molecule has 4 fully saturated rings. The smallest absolute Gasteiger partial charge is 0.0954 e. The van der Waals surface area contributed by atoms with Crippen LogP contribution >= 0.6 is 0 Å². The Morgan fingerprint density at radius 3 is 0.949 bits per heavy atom. The molecule has 0 bridgehead atoms. The van der Waals surface area contributed by atoms with Crippen LogP contribution in [0.25, 0.3) is 0 Å². The zero-order valence-electron chi connectivity index (χ0n) is 27.3. The van der Waals surface area contributed by atoms with E-state index in [1.54, 1.807) is 95.7 Å². The van der Waals surface area contributed by atoms with Crippen LogP contribution in [0.2, 0.25) is 36.1 Å². The SMILES string of the molecule is CCCCCC1CCCCC1B1CB(C2CCCCC2CCCCC)CB(C2CCCCC2CCCCC)C1. The predicted molar refractivity (Wildman–Crippen MR) is 181 cm³/mol. The number of rotatable bonds is 15. The van der Waals surface area contributed by atoms with Crippen LogP contribution in [0, 0.1) is 17.8 Å². The van der Waals surface area contributed by atoms with Gasteiger partial charge in [-0.05, 0) is 17.8 Å². The Labute approximate surface area is 248 Å². The Bertz CT molecular complexity index is 545. The molecule has 4 rings (SSSR count). The van der Waals surface area contributed by atoms with Gasteiger partial charge in [-0.15, -0.1) is 0 Å². The van der Waals surface area contributed by atoms with Gasteiger partial charge in [0.2, 0.25) is 0 Å². The average Bonchev–Trinajstić information content (AvgIpc) is 2.98. The van der Waals surface area contributed by atoms with Crippen molar-refractivity contribution < 1.29 is 0 Å². The van der Waals surface area contributed by atoms with Crippen LogP contribution in [0.1, 0.15) is 175 Å². The van der Waals surface area contributed by atoms with Crippen molar-refractivity contribution in [1.82, 2.24) is 0 Å². The summed E-state index contributed by atoms with van der Waals surface area (Å²) in [6.07, 6.45) is 41.6. The first kappa shape index (κ1) is 32.1. The molecule has 6 unspecified atom stereocenters. The molecule has 39 heavy (non-hydrogen) atoms. The topological polar surface area (TPSA) is 0 Å². The second kappa shape index (κ2) is 18.0. The summed E-state index contributed by atoms with van der Waals surface area (Å²) in [4.78, 5) is 0. The molecule has 222 valence electrons. The zero-order chi connectivity index (χ0) is 27.3. The molecule has 1 heterocycles. The van der Waals surface area contributed by atoms with Crippen molar-refractivity contribution in [1.29, 1.82) is 0 Å². The molecule has 0 aromatic rings. The second-order valence-corrected chi connectivity index (χ2v) is 15.6. The summed E-state index contributed by atoms with van der Waals surface area (Å²) in [5.41, 5.74) is 0. The molecule has 1 aliphatic heterocycles. The molecule has 0 aromatic heterocycles. The summed E-state index contributed by atoms with van der Waals surface area (Å²) >= 11 is 0. The maximum absolute atomic E-state index is 2.40. The van der Waals surface area contributed by atoms with Crippen LogP contribution < -0.4 is 0 Å². The van der Waals surface area contributed by atoms with E-state index in [2.05, 4.69) is 20.8 Å². The fourth-order valence-electron chi connectivity index (χ4n) is 11.1. The van der Waals surface area contributed by atoms with Gasteiger partial charge in [0.05, 0.1) is 0 Å². The molecule has 1 saturated heterocycles. The molecule has 3 heteroatoms. The lowest BCUT2D eigenvalue weighted by Crippen LogP contribution is -2.49. The summed E-state index contributed by atoms with van der Waals surface area (Å²) in [6, 6.07) is 0. The molecule has 0 aromatic carbocycles. The van der Waals surface area contributed by atoms with Crippen LogP contribution in [0.4, 0.5) is 0 Å². The van der Waals surface area contributed by atoms with Gasteiger partial charge < -0.3 is 0 Å². The summed E-state index contributed by atoms with van der Waals surface area (Å²) < 4.78 is 0. The first-order valence-corrected chi connectivity index (χ1v) is 19.2. The van der Waals surface area contributed by atoms with Gasteiger partial charge >= 0.3 is 0 Å². The van der Waals surface area contributed by atoms with Crippen LogP contribution in [0.3, 0.4) is 0 Å². The van der Waals surface area contributed by atoms with E-state index in [1.165, 1.54) is 77.0 Å². The Kier molecular flexibility index (Phi) is 14.8. The summed E-state index contributed by atoms with van der Waals surface area (Å²) in [5.74, 6) is 6.50. The number of hydrogen-bond acceptors (Lipinski definition) is 0. The quantitative estimate of drug-likeness (QED) is 0.145. The number of hydrogen-bond donors (Lipinski definition) is 0. The van der Waals surface area contributed by atoms with Gasteiger partial charge in [-0.25, -0.2) is 0 Å². The maximum Gasteiger partial charge on any atom is 0.128 e. The molecular formula is C36H69B3. The monoisotopic (exact) mass is 535 g/mol. The van der Waals surface area contributed by atoms with Crippen LogP contribution in [-0.2, 0) is 0 Å². The average molecular weight is 534 g/mol. The van der Waals surface area contributed by atoms with E-state index in [1.807, 2.05) is 0 Å². The summed E-state index contributed by atoms with van der Waals surface area (Å²) in [6.45, 7) is 10.4. The first-order chi connectivity index (χ1) is 19.2. The lowest BCUT2D eigenvalue weighted by Gasteiger charge is -2.47. The molecule has 4 aliphatic rings.